The Kier molecular flexibility index (Phi) is 4.98. The van der Waals surface area contributed by atoms with Gasteiger partial charge in [-0.05, 0) is 31.9 Å². The van der Waals surface area contributed by atoms with Crippen LogP contribution in [0.5, 0.6) is 0 Å². The van der Waals surface area contributed by atoms with Crippen molar-refractivity contribution < 1.29 is 9.21 Å². The largest absolute Gasteiger partial charge is 0.431 e. The molecule has 5 heteroatoms. The van der Waals surface area contributed by atoms with Crippen LogP contribution >= 0.6 is 0 Å². The number of aryl methyl sites for hydroxylation is 1. The summed E-state index contributed by atoms with van der Waals surface area (Å²) in [6, 6.07) is 9.51. The standard InChI is InChI=1S/C17H23N3O2/c1-4-17(18,5-2)11-19-15(21)14-12(3)20-16(22-14)13-9-7-6-8-10-13/h6-10H,4-5,11,18H2,1-3H3,(H,19,21). The van der Waals surface area contributed by atoms with Gasteiger partial charge in [0, 0.05) is 17.6 Å². The number of hydrogen-bond donors (Lipinski definition) is 2. The molecule has 0 saturated heterocycles. The number of nitrogens with two attached hydrogens (primary N) is 1. The lowest BCUT2D eigenvalue weighted by molar-refractivity contribution is 0.0914. The van der Waals surface area contributed by atoms with Gasteiger partial charge in [0.2, 0.25) is 11.7 Å². The zero-order valence-corrected chi connectivity index (χ0v) is 13.3. The lowest BCUT2D eigenvalue weighted by atomic mass is 9.94. The second-order valence-corrected chi connectivity index (χ2v) is 5.55. The minimum atomic E-state index is -0.383. The SMILES string of the molecule is CCC(N)(CC)CNC(=O)c1oc(-c2ccccc2)nc1C. The maximum atomic E-state index is 12.3. The van der Waals surface area contributed by atoms with Crippen LogP contribution in [0.15, 0.2) is 34.7 Å². The molecular weight excluding hydrogens is 278 g/mol. The molecule has 22 heavy (non-hydrogen) atoms. The van der Waals surface area contributed by atoms with E-state index in [9.17, 15) is 4.79 Å². The van der Waals surface area contributed by atoms with E-state index >= 15 is 0 Å². The number of nitrogens with one attached hydrogen (secondary N) is 1. The Labute approximate surface area is 130 Å². The first-order chi connectivity index (χ1) is 10.5. The molecule has 0 aliphatic rings. The molecule has 0 saturated carbocycles. The van der Waals surface area contributed by atoms with Crippen LogP contribution in [-0.2, 0) is 0 Å². The molecule has 3 N–H and O–H groups in total. The Morgan fingerprint density at radius 3 is 2.50 bits per heavy atom. The van der Waals surface area contributed by atoms with E-state index in [2.05, 4.69) is 10.3 Å². The molecule has 2 aromatic rings. The normalized spacial score (nSPS) is 11.5. The predicted octanol–water partition coefficient (Wildman–Crippen LogP) is 2.90. The molecule has 118 valence electrons. The fraction of sp³-hybridized carbons (Fsp3) is 0.412. The van der Waals surface area contributed by atoms with Crippen LogP contribution in [-0.4, -0.2) is 23.0 Å². The molecule has 1 amide bonds. The van der Waals surface area contributed by atoms with Crippen molar-refractivity contribution in [1.29, 1.82) is 0 Å². The quantitative estimate of drug-likeness (QED) is 0.859. The fourth-order valence-corrected chi connectivity index (χ4v) is 2.15. The number of carbonyl (C=O) groups excluding carboxylic acids is 1. The van der Waals surface area contributed by atoms with Crippen LogP contribution in [0, 0.1) is 6.92 Å². The number of aromatic nitrogens is 1. The maximum absolute atomic E-state index is 12.3. The van der Waals surface area contributed by atoms with E-state index in [4.69, 9.17) is 10.2 Å². The van der Waals surface area contributed by atoms with Crippen LogP contribution in [0.1, 0.15) is 42.9 Å². The summed E-state index contributed by atoms with van der Waals surface area (Å²) in [6.07, 6.45) is 1.60. The molecule has 0 unspecified atom stereocenters. The molecule has 0 radical (unpaired) electrons. The lowest BCUT2D eigenvalue weighted by Crippen LogP contribution is -2.49. The van der Waals surface area contributed by atoms with Crippen molar-refractivity contribution in [2.75, 3.05) is 6.54 Å². The van der Waals surface area contributed by atoms with Gasteiger partial charge in [-0.2, -0.15) is 0 Å². The number of benzene rings is 1. The molecule has 0 atom stereocenters. The molecule has 1 aromatic carbocycles. The van der Waals surface area contributed by atoms with Crippen molar-refractivity contribution in [2.24, 2.45) is 5.73 Å². The smallest absolute Gasteiger partial charge is 0.289 e. The van der Waals surface area contributed by atoms with Crippen LogP contribution in [0.4, 0.5) is 0 Å². The first-order valence-corrected chi connectivity index (χ1v) is 7.59. The van der Waals surface area contributed by atoms with Gasteiger partial charge in [0.1, 0.15) is 0 Å². The van der Waals surface area contributed by atoms with E-state index in [1.54, 1.807) is 6.92 Å². The van der Waals surface area contributed by atoms with Gasteiger partial charge in [-0.1, -0.05) is 32.0 Å². The van der Waals surface area contributed by atoms with Crippen molar-refractivity contribution in [3.05, 3.63) is 41.8 Å². The first-order valence-electron chi connectivity index (χ1n) is 7.59. The Balaban J connectivity index is 2.13. The third kappa shape index (κ3) is 3.54. The van der Waals surface area contributed by atoms with Gasteiger partial charge in [0.15, 0.2) is 0 Å². The minimum absolute atomic E-state index is 0.244. The average Bonchev–Trinajstić information content (AvgIpc) is 2.95. The van der Waals surface area contributed by atoms with E-state index in [0.29, 0.717) is 18.1 Å². The zero-order chi connectivity index (χ0) is 16.2. The summed E-state index contributed by atoms with van der Waals surface area (Å²) in [6.45, 7) is 6.21. The number of oxazole rings is 1. The highest BCUT2D eigenvalue weighted by Gasteiger charge is 2.24. The highest BCUT2D eigenvalue weighted by molar-refractivity contribution is 5.92. The molecule has 0 spiro atoms. The third-order valence-electron chi connectivity index (χ3n) is 4.03. The first kappa shape index (κ1) is 16.2. The van der Waals surface area contributed by atoms with Gasteiger partial charge in [-0.15, -0.1) is 0 Å². The highest BCUT2D eigenvalue weighted by Crippen LogP contribution is 2.21. The van der Waals surface area contributed by atoms with E-state index in [-0.39, 0.29) is 17.2 Å². The Morgan fingerprint density at radius 1 is 1.27 bits per heavy atom. The van der Waals surface area contributed by atoms with Gasteiger partial charge in [-0.3, -0.25) is 4.79 Å². The second kappa shape index (κ2) is 6.75. The average molecular weight is 301 g/mol. The van der Waals surface area contributed by atoms with Gasteiger partial charge >= 0.3 is 0 Å². The van der Waals surface area contributed by atoms with E-state index < -0.39 is 0 Å². The van der Waals surface area contributed by atoms with Gasteiger partial charge in [0.25, 0.3) is 5.91 Å². The number of amides is 1. The molecule has 0 bridgehead atoms. The fourth-order valence-electron chi connectivity index (χ4n) is 2.15. The van der Waals surface area contributed by atoms with Crippen molar-refractivity contribution in [3.8, 4) is 11.5 Å². The third-order valence-corrected chi connectivity index (χ3v) is 4.03. The van der Waals surface area contributed by atoms with Crippen molar-refractivity contribution in [3.63, 3.8) is 0 Å². The molecule has 0 fully saturated rings. The number of carbonyl (C=O) groups is 1. The summed E-state index contributed by atoms with van der Waals surface area (Å²) in [5.74, 6) is 0.422. The Hall–Kier alpha value is -2.14. The van der Waals surface area contributed by atoms with Crippen LogP contribution in [0.3, 0.4) is 0 Å². The van der Waals surface area contributed by atoms with Crippen LogP contribution < -0.4 is 11.1 Å². The second-order valence-electron chi connectivity index (χ2n) is 5.55. The summed E-state index contributed by atoms with van der Waals surface area (Å²) in [5, 5.41) is 2.85. The van der Waals surface area contributed by atoms with Gasteiger partial charge in [0.05, 0.1) is 5.69 Å². The van der Waals surface area contributed by atoms with Crippen LogP contribution in [0.2, 0.25) is 0 Å². The molecule has 1 heterocycles. The van der Waals surface area contributed by atoms with Gasteiger partial charge < -0.3 is 15.5 Å². The van der Waals surface area contributed by atoms with Crippen molar-refractivity contribution in [2.45, 2.75) is 39.2 Å². The topological polar surface area (TPSA) is 81.1 Å². The predicted molar refractivity (Wildman–Crippen MR) is 86.5 cm³/mol. The minimum Gasteiger partial charge on any atom is -0.431 e. The van der Waals surface area contributed by atoms with Gasteiger partial charge in [-0.25, -0.2) is 4.98 Å². The zero-order valence-electron chi connectivity index (χ0n) is 13.3. The molecule has 2 rings (SSSR count). The Bertz CT molecular complexity index is 631. The van der Waals surface area contributed by atoms with Crippen LogP contribution in [0.25, 0.3) is 11.5 Å². The molecule has 0 aliphatic heterocycles. The Morgan fingerprint density at radius 2 is 1.91 bits per heavy atom. The molecule has 1 aromatic heterocycles. The van der Waals surface area contributed by atoms with E-state index in [1.165, 1.54) is 0 Å². The maximum Gasteiger partial charge on any atom is 0.289 e. The van der Waals surface area contributed by atoms with E-state index in [0.717, 1.165) is 18.4 Å². The summed E-state index contributed by atoms with van der Waals surface area (Å²) >= 11 is 0. The highest BCUT2D eigenvalue weighted by atomic mass is 16.4. The number of rotatable bonds is 6. The summed E-state index contributed by atoms with van der Waals surface area (Å²) in [4.78, 5) is 16.6. The summed E-state index contributed by atoms with van der Waals surface area (Å²) in [5.41, 5.74) is 7.24. The van der Waals surface area contributed by atoms with E-state index in [1.807, 2.05) is 44.2 Å². The number of nitrogens with zero attached hydrogens (tertiary/aromatic N) is 1. The molecular formula is C17H23N3O2. The van der Waals surface area contributed by atoms with Crippen molar-refractivity contribution >= 4 is 5.91 Å². The summed E-state index contributed by atoms with van der Waals surface area (Å²) < 4.78 is 5.63. The van der Waals surface area contributed by atoms with Crippen molar-refractivity contribution in [1.82, 2.24) is 10.3 Å². The monoisotopic (exact) mass is 301 g/mol. The molecule has 0 aliphatic carbocycles. The lowest BCUT2D eigenvalue weighted by Gasteiger charge is -2.26. The number of hydrogen-bond acceptors (Lipinski definition) is 4. The molecule has 5 nitrogen and oxygen atoms in total. The summed E-state index contributed by atoms with van der Waals surface area (Å²) in [7, 11) is 0.